The van der Waals surface area contributed by atoms with E-state index in [1.54, 1.807) is 0 Å². The van der Waals surface area contributed by atoms with Crippen LogP contribution >= 0.6 is 0 Å². The summed E-state index contributed by atoms with van der Waals surface area (Å²) in [6.07, 6.45) is 4.71. The Labute approximate surface area is 103 Å². The van der Waals surface area contributed by atoms with Crippen molar-refractivity contribution >= 4 is 6.03 Å². The van der Waals surface area contributed by atoms with Gasteiger partial charge in [-0.25, -0.2) is 10.1 Å². The Morgan fingerprint density at radius 1 is 1.06 bits per heavy atom. The van der Waals surface area contributed by atoms with Crippen molar-refractivity contribution in [3.05, 3.63) is 35.9 Å². The summed E-state index contributed by atoms with van der Waals surface area (Å²) in [5.41, 5.74) is 1.09. The number of urea groups is 1. The number of nitrogens with zero attached hydrogens (tertiary/aromatic N) is 2. The van der Waals surface area contributed by atoms with Crippen LogP contribution in [0.3, 0.4) is 0 Å². The van der Waals surface area contributed by atoms with E-state index in [1.165, 1.54) is 12.8 Å². The van der Waals surface area contributed by atoms with E-state index in [9.17, 15) is 4.79 Å². The summed E-state index contributed by atoms with van der Waals surface area (Å²) < 4.78 is 0. The van der Waals surface area contributed by atoms with Crippen LogP contribution in [0.15, 0.2) is 30.3 Å². The maximum absolute atomic E-state index is 11.9. The minimum absolute atomic E-state index is 0.0456. The quantitative estimate of drug-likeness (QED) is 0.770. The zero-order valence-corrected chi connectivity index (χ0v) is 10.1. The maximum Gasteiger partial charge on any atom is 0.339 e. The molecule has 1 aromatic rings. The summed E-state index contributed by atoms with van der Waals surface area (Å²) in [6.45, 7) is 2.24. The third-order valence-corrected chi connectivity index (χ3v) is 3.12. The molecule has 0 bridgehead atoms. The molecule has 0 aromatic heterocycles. The molecule has 3 nitrogen and oxygen atoms in total. The van der Waals surface area contributed by atoms with E-state index in [4.69, 9.17) is 0 Å². The van der Waals surface area contributed by atoms with Crippen molar-refractivity contribution in [2.24, 2.45) is 0 Å². The van der Waals surface area contributed by atoms with Gasteiger partial charge in [-0.15, -0.1) is 0 Å². The fourth-order valence-electron chi connectivity index (χ4n) is 2.10. The van der Waals surface area contributed by atoms with Crippen LogP contribution in [0.2, 0.25) is 0 Å². The summed E-state index contributed by atoms with van der Waals surface area (Å²) in [4.78, 5) is 13.8. The fraction of sp³-hybridized carbons (Fsp3) is 0.500. The van der Waals surface area contributed by atoms with E-state index >= 15 is 0 Å². The van der Waals surface area contributed by atoms with Gasteiger partial charge < -0.3 is 4.90 Å². The van der Waals surface area contributed by atoms with Crippen molar-refractivity contribution in [3.8, 4) is 0 Å². The molecule has 1 saturated heterocycles. The smallest absolute Gasteiger partial charge is 0.323 e. The molecular formula is C14H19N2O. The van der Waals surface area contributed by atoms with Crippen LogP contribution in [0, 0.1) is 0 Å². The first-order valence-corrected chi connectivity index (χ1v) is 6.36. The molecule has 1 aliphatic rings. The van der Waals surface area contributed by atoms with Crippen molar-refractivity contribution in [1.82, 2.24) is 10.2 Å². The van der Waals surface area contributed by atoms with E-state index in [0.717, 1.165) is 31.5 Å². The first kappa shape index (κ1) is 12.0. The van der Waals surface area contributed by atoms with E-state index in [0.29, 0.717) is 6.54 Å². The molecule has 0 unspecified atom stereocenters. The number of carbonyl (C=O) groups excluding carboxylic acids is 1. The molecule has 1 heterocycles. The molecule has 0 spiro atoms. The highest BCUT2D eigenvalue weighted by Gasteiger charge is 2.15. The second-order valence-corrected chi connectivity index (χ2v) is 4.49. The van der Waals surface area contributed by atoms with Crippen molar-refractivity contribution in [3.63, 3.8) is 0 Å². The van der Waals surface area contributed by atoms with E-state index in [1.807, 2.05) is 35.2 Å². The first-order chi connectivity index (χ1) is 8.36. The van der Waals surface area contributed by atoms with E-state index in [2.05, 4.69) is 5.32 Å². The molecule has 91 valence electrons. The van der Waals surface area contributed by atoms with Gasteiger partial charge in [0.15, 0.2) is 0 Å². The van der Waals surface area contributed by atoms with Gasteiger partial charge in [0.2, 0.25) is 0 Å². The zero-order chi connectivity index (χ0) is 11.9. The number of rotatable bonds is 2. The molecule has 0 aliphatic carbocycles. The van der Waals surface area contributed by atoms with Crippen molar-refractivity contribution in [2.45, 2.75) is 32.2 Å². The molecule has 1 aromatic carbocycles. The highest BCUT2D eigenvalue weighted by atomic mass is 16.2. The topological polar surface area (TPSA) is 34.4 Å². The second-order valence-electron chi connectivity index (χ2n) is 4.49. The molecule has 1 fully saturated rings. The van der Waals surface area contributed by atoms with Gasteiger partial charge in [0.05, 0.1) is 6.54 Å². The number of likely N-dealkylation sites (tertiary alicyclic amines) is 1. The molecule has 0 atom stereocenters. The van der Waals surface area contributed by atoms with Crippen LogP contribution in [0.5, 0.6) is 0 Å². The van der Waals surface area contributed by atoms with Crippen LogP contribution < -0.4 is 5.32 Å². The average Bonchev–Trinajstić information content (AvgIpc) is 2.66. The van der Waals surface area contributed by atoms with Crippen LogP contribution in [0.4, 0.5) is 4.79 Å². The normalized spacial score (nSPS) is 16.4. The van der Waals surface area contributed by atoms with Crippen molar-refractivity contribution in [2.75, 3.05) is 13.1 Å². The molecule has 2 rings (SSSR count). The number of benzene rings is 1. The molecule has 1 aliphatic heterocycles. The third kappa shape index (κ3) is 3.77. The monoisotopic (exact) mass is 231 g/mol. The fourth-order valence-corrected chi connectivity index (χ4v) is 2.10. The Balaban J connectivity index is 1.80. The molecule has 2 amide bonds. The molecule has 0 N–H and O–H groups in total. The zero-order valence-electron chi connectivity index (χ0n) is 10.1. The van der Waals surface area contributed by atoms with Gasteiger partial charge in [0.1, 0.15) is 0 Å². The maximum atomic E-state index is 11.9. The number of carbonyl (C=O) groups is 1. The van der Waals surface area contributed by atoms with Crippen LogP contribution in [-0.2, 0) is 6.54 Å². The minimum atomic E-state index is -0.0456. The third-order valence-electron chi connectivity index (χ3n) is 3.12. The molecule has 17 heavy (non-hydrogen) atoms. The highest BCUT2D eigenvalue weighted by Crippen LogP contribution is 2.10. The van der Waals surface area contributed by atoms with Crippen LogP contribution in [-0.4, -0.2) is 24.0 Å². The molecule has 1 radical (unpaired) electrons. The predicted molar refractivity (Wildman–Crippen MR) is 67.7 cm³/mol. The van der Waals surface area contributed by atoms with Gasteiger partial charge in [0.25, 0.3) is 0 Å². The minimum Gasteiger partial charge on any atom is -0.323 e. The number of hydrogen-bond donors (Lipinski definition) is 0. The van der Waals surface area contributed by atoms with Gasteiger partial charge in [-0.1, -0.05) is 43.2 Å². The Morgan fingerprint density at radius 2 is 1.71 bits per heavy atom. The van der Waals surface area contributed by atoms with Crippen molar-refractivity contribution < 1.29 is 4.79 Å². The predicted octanol–water partition coefficient (Wildman–Crippen LogP) is 2.79. The lowest BCUT2D eigenvalue weighted by Gasteiger charge is -2.19. The van der Waals surface area contributed by atoms with E-state index in [-0.39, 0.29) is 6.03 Å². The van der Waals surface area contributed by atoms with Gasteiger partial charge >= 0.3 is 6.03 Å². The standard InChI is InChI=1S/C14H19N2O/c17-14(16-10-6-1-2-7-11-16)15-12-13-8-4-3-5-9-13/h3-5,8-9H,1-2,6-7,10-12H2. The lowest BCUT2D eigenvalue weighted by atomic mass is 10.2. The Hall–Kier alpha value is -1.51. The molecule has 3 heteroatoms. The van der Waals surface area contributed by atoms with Crippen LogP contribution in [0.1, 0.15) is 31.2 Å². The molecule has 0 saturated carbocycles. The van der Waals surface area contributed by atoms with E-state index < -0.39 is 0 Å². The number of amides is 2. The lowest BCUT2D eigenvalue weighted by molar-refractivity contribution is 0.198. The molecular weight excluding hydrogens is 212 g/mol. The summed E-state index contributed by atoms with van der Waals surface area (Å²) in [5.74, 6) is 0. The summed E-state index contributed by atoms with van der Waals surface area (Å²) in [7, 11) is 0. The largest absolute Gasteiger partial charge is 0.339 e. The van der Waals surface area contributed by atoms with Crippen LogP contribution in [0.25, 0.3) is 0 Å². The SMILES string of the molecule is O=C([N]Cc1ccccc1)N1CCCCCC1. The summed E-state index contributed by atoms with van der Waals surface area (Å²) in [5, 5.41) is 4.15. The summed E-state index contributed by atoms with van der Waals surface area (Å²) >= 11 is 0. The van der Waals surface area contributed by atoms with Crippen molar-refractivity contribution in [1.29, 1.82) is 0 Å². The Morgan fingerprint density at radius 3 is 2.35 bits per heavy atom. The van der Waals surface area contributed by atoms with Gasteiger partial charge in [-0.2, -0.15) is 0 Å². The van der Waals surface area contributed by atoms with Gasteiger partial charge in [-0.05, 0) is 18.4 Å². The number of hydrogen-bond acceptors (Lipinski definition) is 1. The second kappa shape index (κ2) is 6.28. The van der Waals surface area contributed by atoms with Gasteiger partial charge in [-0.3, -0.25) is 0 Å². The van der Waals surface area contributed by atoms with Gasteiger partial charge in [0, 0.05) is 13.1 Å². The average molecular weight is 231 g/mol. The Kier molecular flexibility index (Phi) is 4.42. The summed E-state index contributed by atoms with van der Waals surface area (Å²) in [6, 6.07) is 9.87. The first-order valence-electron chi connectivity index (χ1n) is 6.36. The lowest BCUT2D eigenvalue weighted by Crippen LogP contribution is -2.36. The Bertz CT molecular complexity index is 342. The highest BCUT2D eigenvalue weighted by molar-refractivity contribution is 5.73.